The molecular formula is C22H29N3O5S2. The highest BCUT2D eigenvalue weighted by molar-refractivity contribution is 7.89. The molecule has 0 atom stereocenters. The van der Waals surface area contributed by atoms with Crippen molar-refractivity contribution in [3.05, 3.63) is 53.6 Å². The molecule has 0 bridgehead atoms. The van der Waals surface area contributed by atoms with E-state index in [-0.39, 0.29) is 22.1 Å². The van der Waals surface area contributed by atoms with Crippen LogP contribution in [0.1, 0.15) is 36.8 Å². The Morgan fingerprint density at radius 2 is 1.56 bits per heavy atom. The van der Waals surface area contributed by atoms with Crippen LogP contribution in [0.3, 0.4) is 0 Å². The lowest BCUT2D eigenvalue weighted by molar-refractivity contribution is -0.116. The number of aryl methyl sites for hydroxylation is 2. The summed E-state index contributed by atoms with van der Waals surface area (Å²) in [5, 5.41) is 2.76. The molecule has 0 aromatic heterocycles. The molecule has 0 spiro atoms. The van der Waals surface area contributed by atoms with E-state index < -0.39 is 20.0 Å². The van der Waals surface area contributed by atoms with Crippen molar-refractivity contribution in [2.75, 3.05) is 25.5 Å². The van der Waals surface area contributed by atoms with Gasteiger partial charge in [-0.25, -0.2) is 21.6 Å². The highest BCUT2D eigenvalue weighted by Crippen LogP contribution is 2.22. The molecule has 10 heteroatoms. The number of hydrogen-bond acceptors (Lipinski definition) is 5. The Bertz CT molecular complexity index is 1170. The summed E-state index contributed by atoms with van der Waals surface area (Å²) in [4.78, 5) is 12.8. The highest BCUT2D eigenvalue weighted by Gasteiger charge is 2.25. The van der Waals surface area contributed by atoms with Gasteiger partial charge in [0.05, 0.1) is 9.79 Å². The van der Waals surface area contributed by atoms with Crippen LogP contribution in [0.5, 0.6) is 0 Å². The van der Waals surface area contributed by atoms with Gasteiger partial charge in [0.2, 0.25) is 26.0 Å². The second-order valence-electron chi connectivity index (χ2n) is 7.84. The quantitative estimate of drug-likeness (QED) is 0.604. The first-order chi connectivity index (χ1) is 15.1. The normalized spacial score (nSPS) is 15.4. The van der Waals surface area contributed by atoms with E-state index in [4.69, 9.17) is 0 Å². The number of anilines is 1. The third kappa shape index (κ3) is 5.74. The molecule has 0 saturated carbocycles. The topological polar surface area (TPSA) is 113 Å². The molecule has 1 aliphatic heterocycles. The van der Waals surface area contributed by atoms with E-state index in [1.54, 1.807) is 37.3 Å². The molecule has 1 aliphatic rings. The Balaban J connectivity index is 1.61. The Hall–Kier alpha value is -2.27. The van der Waals surface area contributed by atoms with E-state index in [9.17, 15) is 21.6 Å². The summed E-state index contributed by atoms with van der Waals surface area (Å²) in [7, 11) is -5.75. The minimum Gasteiger partial charge on any atom is -0.326 e. The van der Waals surface area contributed by atoms with Crippen LogP contribution >= 0.6 is 0 Å². The number of carbonyl (C=O) groups excluding carboxylic acids is 1. The molecule has 2 N–H and O–H groups in total. The first-order valence-electron chi connectivity index (χ1n) is 10.6. The van der Waals surface area contributed by atoms with Gasteiger partial charge in [0.25, 0.3) is 0 Å². The number of carbonyl (C=O) groups is 1. The minimum absolute atomic E-state index is 0.0754. The van der Waals surface area contributed by atoms with Crippen molar-refractivity contribution in [2.24, 2.45) is 0 Å². The van der Waals surface area contributed by atoms with Crippen LogP contribution < -0.4 is 10.0 Å². The molecule has 1 fully saturated rings. The number of rotatable bonds is 8. The Morgan fingerprint density at radius 3 is 2.19 bits per heavy atom. The SMILES string of the molecule is CNS(=O)(=O)c1ccc(C)c(NC(=O)CCc2ccc(S(=O)(=O)N3CCCCC3)cc2)c1. The van der Waals surface area contributed by atoms with Crippen molar-refractivity contribution in [2.45, 2.75) is 48.8 Å². The van der Waals surface area contributed by atoms with Crippen LogP contribution in [-0.4, -0.2) is 47.2 Å². The fraction of sp³-hybridized carbons (Fsp3) is 0.409. The third-order valence-electron chi connectivity index (χ3n) is 5.58. The fourth-order valence-corrected chi connectivity index (χ4v) is 5.85. The van der Waals surface area contributed by atoms with Gasteiger partial charge in [-0.1, -0.05) is 24.6 Å². The van der Waals surface area contributed by atoms with Crippen molar-refractivity contribution in [3.8, 4) is 0 Å². The van der Waals surface area contributed by atoms with Crippen LogP contribution in [0, 0.1) is 6.92 Å². The fourth-order valence-electron chi connectivity index (χ4n) is 3.57. The Labute approximate surface area is 190 Å². The molecule has 8 nitrogen and oxygen atoms in total. The number of piperidine rings is 1. The summed E-state index contributed by atoms with van der Waals surface area (Å²) in [5.41, 5.74) is 2.04. The molecule has 0 unspecified atom stereocenters. The third-order valence-corrected chi connectivity index (χ3v) is 8.90. The predicted molar refractivity (Wildman–Crippen MR) is 123 cm³/mol. The highest BCUT2D eigenvalue weighted by atomic mass is 32.2. The van der Waals surface area contributed by atoms with E-state index in [0.717, 1.165) is 30.4 Å². The molecule has 0 aliphatic carbocycles. The first kappa shape index (κ1) is 24.4. The summed E-state index contributed by atoms with van der Waals surface area (Å²) in [6, 6.07) is 11.2. The van der Waals surface area contributed by atoms with E-state index in [0.29, 0.717) is 25.2 Å². The standard InChI is InChI=1S/C22H29N3O5S2/c1-17-6-10-20(31(27,28)23-2)16-21(17)24-22(26)13-9-18-7-11-19(12-8-18)32(29,30)25-14-4-3-5-15-25/h6-8,10-12,16,23H,3-5,9,13-15H2,1-2H3,(H,24,26). The van der Waals surface area contributed by atoms with Gasteiger partial charge in [0, 0.05) is 25.2 Å². The van der Waals surface area contributed by atoms with Gasteiger partial charge in [-0.05, 0) is 68.6 Å². The summed E-state index contributed by atoms with van der Waals surface area (Å²) < 4.78 is 53.2. The summed E-state index contributed by atoms with van der Waals surface area (Å²) in [6.45, 7) is 2.90. The van der Waals surface area contributed by atoms with Crippen molar-refractivity contribution < 1.29 is 21.6 Å². The smallest absolute Gasteiger partial charge is 0.243 e. The lowest BCUT2D eigenvalue weighted by Crippen LogP contribution is -2.35. The second-order valence-corrected chi connectivity index (χ2v) is 11.7. The monoisotopic (exact) mass is 479 g/mol. The number of nitrogens with one attached hydrogen (secondary N) is 2. The number of amides is 1. The maximum atomic E-state index is 12.7. The zero-order valence-corrected chi connectivity index (χ0v) is 19.9. The molecule has 1 saturated heterocycles. The van der Waals surface area contributed by atoms with Crippen LogP contribution in [0.4, 0.5) is 5.69 Å². The maximum absolute atomic E-state index is 12.7. The number of sulfonamides is 2. The molecule has 174 valence electrons. The molecule has 2 aromatic carbocycles. The molecule has 1 heterocycles. The van der Waals surface area contributed by atoms with Crippen LogP contribution in [0.2, 0.25) is 0 Å². The average Bonchev–Trinajstić information content (AvgIpc) is 2.80. The first-order valence-corrected chi connectivity index (χ1v) is 13.5. The van der Waals surface area contributed by atoms with Gasteiger partial charge in [0.1, 0.15) is 0 Å². The average molecular weight is 480 g/mol. The summed E-state index contributed by atoms with van der Waals surface area (Å²) in [6.07, 6.45) is 3.44. The molecular weight excluding hydrogens is 450 g/mol. The van der Waals surface area contributed by atoms with Crippen molar-refractivity contribution in [1.29, 1.82) is 0 Å². The largest absolute Gasteiger partial charge is 0.326 e. The lowest BCUT2D eigenvalue weighted by Gasteiger charge is -2.25. The van der Waals surface area contributed by atoms with Crippen LogP contribution in [0.15, 0.2) is 52.3 Å². The van der Waals surface area contributed by atoms with Gasteiger partial charge < -0.3 is 5.32 Å². The summed E-state index contributed by atoms with van der Waals surface area (Å²) in [5.74, 6) is -0.253. The zero-order chi connectivity index (χ0) is 23.4. The van der Waals surface area contributed by atoms with Gasteiger partial charge in [0.15, 0.2) is 0 Å². The van der Waals surface area contributed by atoms with E-state index in [1.807, 2.05) is 0 Å². The van der Waals surface area contributed by atoms with Gasteiger partial charge >= 0.3 is 0 Å². The Kier molecular flexibility index (Phi) is 7.71. The van der Waals surface area contributed by atoms with Crippen molar-refractivity contribution >= 4 is 31.6 Å². The van der Waals surface area contributed by atoms with Crippen molar-refractivity contribution in [1.82, 2.24) is 9.03 Å². The minimum atomic E-state index is -3.61. The van der Waals surface area contributed by atoms with Gasteiger partial charge in [-0.3, -0.25) is 4.79 Å². The summed E-state index contributed by atoms with van der Waals surface area (Å²) >= 11 is 0. The molecule has 3 rings (SSSR count). The Morgan fingerprint density at radius 1 is 0.938 bits per heavy atom. The van der Waals surface area contributed by atoms with Crippen LogP contribution in [0.25, 0.3) is 0 Å². The van der Waals surface area contributed by atoms with Gasteiger partial charge in [-0.15, -0.1) is 0 Å². The number of hydrogen-bond donors (Lipinski definition) is 2. The lowest BCUT2D eigenvalue weighted by atomic mass is 10.1. The number of benzene rings is 2. The van der Waals surface area contributed by atoms with Gasteiger partial charge in [-0.2, -0.15) is 4.31 Å². The maximum Gasteiger partial charge on any atom is 0.243 e. The predicted octanol–water partition coefficient (Wildman–Crippen LogP) is 2.65. The molecule has 1 amide bonds. The van der Waals surface area contributed by atoms with Crippen molar-refractivity contribution in [3.63, 3.8) is 0 Å². The van der Waals surface area contributed by atoms with Crippen LogP contribution in [-0.2, 0) is 31.3 Å². The number of nitrogens with zero attached hydrogens (tertiary/aromatic N) is 1. The molecule has 0 radical (unpaired) electrons. The molecule has 2 aromatic rings. The van der Waals surface area contributed by atoms with E-state index in [1.165, 1.54) is 23.5 Å². The molecule has 32 heavy (non-hydrogen) atoms. The van der Waals surface area contributed by atoms with E-state index >= 15 is 0 Å². The zero-order valence-electron chi connectivity index (χ0n) is 18.3. The van der Waals surface area contributed by atoms with E-state index in [2.05, 4.69) is 10.0 Å². The second kappa shape index (κ2) is 10.1.